The summed E-state index contributed by atoms with van der Waals surface area (Å²) in [6.07, 6.45) is 15.7. The van der Waals surface area contributed by atoms with Gasteiger partial charge >= 0.3 is 30.3 Å². The Kier molecular flexibility index (Phi) is 32.0. The Labute approximate surface area is 293 Å². The van der Waals surface area contributed by atoms with Crippen LogP contribution in [-0.2, 0) is 23.7 Å². The van der Waals surface area contributed by atoms with E-state index in [1.54, 1.807) is 0 Å². The van der Waals surface area contributed by atoms with Gasteiger partial charge < -0.3 is 45.3 Å². The van der Waals surface area contributed by atoms with E-state index in [9.17, 15) is 29.1 Å². The van der Waals surface area contributed by atoms with E-state index < -0.39 is 30.3 Å². The maximum atomic E-state index is 11.9. The van der Waals surface area contributed by atoms with E-state index in [1.165, 1.54) is 38.5 Å². The second kappa shape index (κ2) is 34.4. The molecule has 0 aliphatic carbocycles. The third kappa shape index (κ3) is 32.9. The number of hydrogen-bond donors (Lipinski definition) is 5. The first-order valence-electron chi connectivity index (χ1n) is 18.7. The third-order valence-corrected chi connectivity index (χ3v) is 7.64. The van der Waals surface area contributed by atoms with Crippen molar-refractivity contribution in [2.45, 2.75) is 148 Å². The number of alkyl carbamates (subject to hydrolysis) is 4. The molecule has 14 nitrogen and oxygen atoms in total. The lowest BCUT2D eigenvalue weighted by atomic mass is 10.1. The molecule has 49 heavy (non-hydrogen) atoms. The topological polar surface area (TPSA) is 191 Å². The zero-order valence-electron chi connectivity index (χ0n) is 30.3. The monoisotopic (exact) mass is 702 g/mol. The fourth-order valence-corrected chi connectivity index (χ4v) is 4.69. The molecule has 0 radical (unpaired) electrons. The van der Waals surface area contributed by atoms with Crippen LogP contribution in [0.4, 0.5) is 19.2 Å². The molecular formula is C35H66N4O10. The zero-order valence-corrected chi connectivity index (χ0v) is 30.3. The van der Waals surface area contributed by atoms with Crippen molar-refractivity contribution in [3.05, 3.63) is 0 Å². The Morgan fingerprint density at radius 1 is 0.449 bits per heavy atom. The highest BCUT2D eigenvalue weighted by atomic mass is 16.6. The fourth-order valence-electron chi connectivity index (χ4n) is 4.69. The van der Waals surface area contributed by atoms with Gasteiger partial charge in [-0.3, -0.25) is 0 Å². The molecule has 1 atom stereocenters. The van der Waals surface area contributed by atoms with Crippen molar-refractivity contribution in [1.29, 1.82) is 0 Å². The highest BCUT2D eigenvalue weighted by molar-refractivity contribution is 5.79. The van der Waals surface area contributed by atoms with Gasteiger partial charge in [-0.25, -0.2) is 24.0 Å². The maximum Gasteiger partial charge on any atom is 0.407 e. The largest absolute Gasteiger partial charge is 0.480 e. The number of rotatable bonds is 32. The van der Waals surface area contributed by atoms with Gasteiger partial charge in [0.1, 0.15) is 6.04 Å². The molecule has 0 bridgehead atoms. The van der Waals surface area contributed by atoms with Gasteiger partial charge in [-0.15, -0.1) is 0 Å². The summed E-state index contributed by atoms with van der Waals surface area (Å²) in [5.74, 6) is -1.14. The minimum absolute atomic E-state index is 0.170. The SMILES string of the molecule is CCCCCCCCOC(=O)NCCCCCNC(=O)OCCCCOC(=O)NCCCCC(NC(=O)OCCCCCCCC)C(=O)O. The predicted octanol–water partition coefficient (Wildman–Crippen LogP) is 7.19. The van der Waals surface area contributed by atoms with E-state index in [-0.39, 0.29) is 32.3 Å². The minimum Gasteiger partial charge on any atom is -0.480 e. The normalized spacial score (nSPS) is 11.2. The lowest BCUT2D eigenvalue weighted by Crippen LogP contribution is -2.41. The molecule has 0 saturated heterocycles. The Morgan fingerprint density at radius 2 is 0.776 bits per heavy atom. The molecule has 0 rings (SSSR count). The molecule has 4 amide bonds. The molecule has 0 fully saturated rings. The number of ether oxygens (including phenoxy) is 4. The number of carbonyl (C=O) groups excluding carboxylic acids is 4. The summed E-state index contributed by atoms with van der Waals surface area (Å²) < 4.78 is 20.5. The second-order valence-electron chi connectivity index (χ2n) is 12.2. The lowest BCUT2D eigenvalue weighted by molar-refractivity contribution is -0.139. The summed E-state index contributed by atoms with van der Waals surface area (Å²) in [5.41, 5.74) is 0. The van der Waals surface area contributed by atoms with Crippen LogP contribution < -0.4 is 21.3 Å². The standard InChI is InChI=1S/C35H66N4O10/c1-3-5-7-9-11-18-26-46-32(42)36-23-15-13-16-24-37-33(43)47-28-20-21-29-48-34(44)38-25-17-14-22-30(31(40)41)39-35(45)49-27-19-12-10-8-6-4-2/h30H,3-29H2,1-2H3,(H,36,42)(H,37,43)(H,38,44)(H,39,45)(H,40,41). The van der Waals surface area contributed by atoms with Crippen LogP contribution in [0.5, 0.6) is 0 Å². The van der Waals surface area contributed by atoms with Crippen LogP contribution in [0.15, 0.2) is 0 Å². The zero-order chi connectivity index (χ0) is 36.2. The van der Waals surface area contributed by atoms with Gasteiger partial charge in [0.25, 0.3) is 0 Å². The number of hydrogen-bond acceptors (Lipinski definition) is 9. The quantitative estimate of drug-likeness (QED) is 0.0354. The molecule has 0 aliphatic rings. The van der Waals surface area contributed by atoms with Crippen molar-refractivity contribution < 1.29 is 48.0 Å². The van der Waals surface area contributed by atoms with Gasteiger partial charge in [0, 0.05) is 19.6 Å². The first kappa shape index (κ1) is 45.6. The van der Waals surface area contributed by atoms with Crippen molar-refractivity contribution in [2.75, 3.05) is 46.1 Å². The van der Waals surface area contributed by atoms with E-state index >= 15 is 0 Å². The van der Waals surface area contributed by atoms with Crippen molar-refractivity contribution in [2.24, 2.45) is 0 Å². The summed E-state index contributed by atoms with van der Waals surface area (Å²) >= 11 is 0. The van der Waals surface area contributed by atoms with Crippen LogP contribution in [0.3, 0.4) is 0 Å². The van der Waals surface area contributed by atoms with E-state index in [1.807, 2.05) is 0 Å². The van der Waals surface area contributed by atoms with E-state index in [0.29, 0.717) is 51.9 Å². The highest BCUT2D eigenvalue weighted by Gasteiger charge is 2.20. The van der Waals surface area contributed by atoms with Gasteiger partial charge in [-0.2, -0.15) is 0 Å². The van der Waals surface area contributed by atoms with Crippen LogP contribution in [0.1, 0.15) is 142 Å². The van der Waals surface area contributed by atoms with Gasteiger partial charge in [-0.05, 0) is 64.2 Å². The Bertz CT molecular complexity index is 862. The Morgan fingerprint density at radius 3 is 1.18 bits per heavy atom. The highest BCUT2D eigenvalue weighted by Crippen LogP contribution is 2.07. The third-order valence-electron chi connectivity index (χ3n) is 7.64. The number of unbranched alkanes of at least 4 members (excludes halogenated alkanes) is 14. The maximum absolute atomic E-state index is 11.9. The molecule has 0 aromatic rings. The van der Waals surface area contributed by atoms with Gasteiger partial charge in [0.05, 0.1) is 26.4 Å². The van der Waals surface area contributed by atoms with Crippen LogP contribution >= 0.6 is 0 Å². The van der Waals surface area contributed by atoms with E-state index in [4.69, 9.17) is 18.9 Å². The Balaban J connectivity index is 3.62. The smallest absolute Gasteiger partial charge is 0.407 e. The molecular weight excluding hydrogens is 636 g/mol. The van der Waals surface area contributed by atoms with E-state index in [0.717, 1.165) is 57.8 Å². The van der Waals surface area contributed by atoms with Gasteiger partial charge in [-0.1, -0.05) is 78.1 Å². The molecule has 0 saturated carbocycles. The van der Waals surface area contributed by atoms with Crippen molar-refractivity contribution >= 4 is 30.3 Å². The van der Waals surface area contributed by atoms with Gasteiger partial charge in [0.15, 0.2) is 0 Å². The number of carboxylic acids is 1. The van der Waals surface area contributed by atoms with Crippen molar-refractivity contribution in [3.8, 4) is 0 Å². The number of nitrogens with one attached hydrogen (secondary N) is 4. The molecule has 0 spiro atoms. The Hall–Kier alpha value is -3.45. The van der Waals surface area contributed by atoms with E-state index in [2.05, 4.69) is 35.1 Å². The summed E-state index contributed by atoms with van der Waals surface area (Å²) in [6, 6.07) is -1.06. The second-order valence-corrected chi connectivity index (χ2v) is 12.2. The summed E-state index contributed by atoms with van der Waals surface area (Å²) in [6.45, 7) is 6.73. The average Bonchev–Trinajstić information content (AvgIpc) is 3.07. The fraction of sp³-hybridized carbons (Fsp3) is 0.857. The molecule has 0 heterocycles. The van der Waals surface area contributed by atoms with Crippen LogP contribution in [0, 0.1) is 0 Å². The molecule has 0 aromatic heterocycles. The first-order chi connectivity index (χ1) is 23.8. The van der Waals surface area contributed by atoms with Crippen molar-refractivity contribution in [1.82, 2.24) is 21.3 Å². The van der Waals surface area contributed by atoms with Crippen molar-refractivity contribution in [3.63, 3.8) is 0 Å². The molecule has 0 aromatic carbocycles. The summed E-state index contributed by atoms with van der Waals surface area (Å²) in [5, 5.41) is 19.8. The first-order valence-corrected chi connectivity index (χ1v) is 18.7. The molecule has 5 N–H and O–H groups in total. The molecule has 286 valence electrons. The average molecular weight is 703 g/mol. The van der Waals surface area contributed by atoms with Crippen LogP contribution in [0.25, 0.3) is 0 Å². The number of amides is 4. The molecule has 1 unspecified atom stereocenters. The van der Waals surface area contributed by atoms with Gasteiger partial charge in [0.2, 0.25) is 0 Å². The molecule has 14 heteroatoms. The summed E-state index contributed by atoms with van der Waals surface area (Å²) in [4.78, 5) is 58.7. The minimum atomic E-state index is -1.14. The van der Waals surface area contributed by atoms with Crippen LogP contribution in [-0.4, -0.2) is 87.6 Å². The number of carboxylic acid groups (broad SMARTS) is 1. The number of carbonyl (C=O) groups is 5. The number of aliphatic carboxylic acids is 1. The molecule has 0 aliphatic heterocycles. The lowest BCUT2D eigenvalue weighted by Gasteiger charge is -2.14. The predicted molar refractivity (Wildman–Crippen MR) is 188 cm³/mol. The van der Waals surface area contributed by atoms with Crippen LogP contribution in [0.2, 0.25) is 0 Å². The summed E-state index contributed by atoms with van der Waals surface area (Å²) in [7, 11) is 0.